The quantitative estimate of drug-likeness (QED) is 0.265. The van der Waals surface area contributed by atoms with Crippen molar-refractivity contribution in [1.29, 1.82) is 0 Å². The van der Waals surface area contributed by atoms with E-state index in [0.29, 0.717) is 0 Å². The fraction of sp³-hybridized carbons (Fsp3) is 0.0435. The third-order valence-corrected chi connectivity index (χ3v) is 5.36. The zero-order valence-corrected chi connectivity index (χ0v) is 14.3. The van der Waals surface area contributed by atoms with Gasteiger partial charge >= 0.3 is 0 Å². The zero-order valence-electron chi connectivity index (χ0n) is 14.3. The molecule has 0 amide bonds. The molecule has 0 saturated heterocycles. The van der Waals surface area contributed by atoms with Gasteiger partial charge < -0.3 is 4.40 Å². The maximum absolute atomic E-state index is 4.67. The Balaban J connectivity index is 2.04. The molecule has 0 radical (unpaired) electrons. The Hall–Kier alpha value is -3.46. The summed E-state index contributed by atoms with van der Waals surface area (Å²) < 4.78 is 2.36. The van der Waals surface area contributed by atoms with Crippen LogP contribution in [0.3, 0.4) is 0 Å². The molecule has 0 atom stereocenters. The van der Waals surface area contributed by atoms with E-state index in [9.17, 15) is 0 Å². The highest BCUT2D eigenvalue weighted by atomic mass is 14.9. The summed E-state index contributed by atoms with van der Waals surface area (Å²) in [6.45, 7) is 2.06. The van der Waals surface area contributed by atoms with E-state index in [2.05, 4.69) is 88.0 Å². The van der Waals surface area contributed by atoms with Crippen LogP contribution in [-0.4, -0.2) is 14.4 Å². The Labute approximate surface area is 149 Å². The lowest BCUT2D eigenvalue weighted by molar-refractivity contribution is 1.15. The minimum Gasteiger partial charge on any atom is -0.308 e. The largest absolute Gasteiger partial charge is 0.308 e. The molecule has 6 rings (SSSR count). The predicted molar refractivity (Wildman–Crippen MR) is 108 cm³/mol. The van der Waals surface area contributed by atoms with Gasteiger partial charge in [-0.05, 0) is 42.0 Å². The summed E-state index contributed by atoms with van der Waals surface area (Å²) in [6, 6.07) is 23.8. The maximum atomic E-state index is 4.67. The SMILES string of the molecule is Cc1ncnc2c3cc4ccccc4cc3n3c4ccccc4cc3c12. The summed E-state index contributed by atoms with van der Waals surface area (Å²) in [4.78, 5) is 9.15. The van der Waals surface area contributed by atoms with Crippen molar-refractivity contribution in [3.05, 3.63) is 78.8 Å². The molecule has 0 saturated carbocycles. The number of aromatic nitrogens is 3. The summed E-state index contributed by atoms with van der Waals surface area (Å²) in [7, 11) is 0. The molecular formula is C23H15N3. The van der Waals surface area contributed by atoms with E-state index in [1.54, 1.807) is 6.33 Å². The second kappa shape index (κ2) is 4.79. The molecule has 0 spiro atoms. The van der Waals surface area contributed by atoms with Crippen molar-refractivity contribution < 1.29 is 0 Å². The molecule has 3 nitrogen and oxygen atoms in total. The van der Waals surface area contributed by atoms with Crippen LogP contribution < -0.4 is 0 Å². The minimum absolute atomic E-state index is 1.01. The summed E-state index contributed by atoms with van der Waals surface area (Å²) in [5.41, 5.74) is 5.60. The topological polar surface area (TPSA) is 30.2 Å². The van der Waals surface area contributed by atoms with E-state index in [1.807, 2.05) is 0 Å². The van der Waals surface area contributed by atoms with Gasteiger partial charge in [0.25, 0.3) is 0 Å². The van der Waals surface area contributed by atoms with Gasteiger partial charge in [-0.15, -0.1) is 0 Å². The van der Waals surface area contributed by atoms with Crippen molar-refractivity contribution >= 4 is 49.0 Å². The monoisotopic (exact) mass is 333 g/mol. The van der Waals surface area contributed by atoms with Gasteiger partial charge in [-0.25, -0.2) is 9.97 Å². The summed E-state index contributed by atoms with van der Waals surface area (Å²) in [6.07, 6.45) is 1.67. The first-order valence-electron chi connectivity index (χ1n) is 8.77. The molecule has 3 aromatic heterocycles. The molecule has 3 heteroatoms. The first-order chi connectivity index (χ1) is 12.8. The summed E-state index contributed by atoms with van der Waals surface area (Å²) >= 11 is 0. The number of hydrogen-bond donors (Lipinski definition) is 0. The number of para-hydroxylation sites is 1. The van der Waals surface area contributed by atoms with E-state index in [1.165, 1.54) is 32.7 Å². The smallest absolute Gasteiger partial charge is 0.116 e. The van der Waals surface area contributed by atoms with Crippen molar-refractivity contribution in [2.75, 3.05) is 0 Å². The molecular weight excluding hydrogens is 318 g/mol. The number of nitrogens with zero attached hydrogens (tertiary/aromatic N) is 3. The van der Waals surface area contributed by atoms with Gasteiger partial charge in [-0.2, -0.15) is 0 Å². The molecule has 122 valence electrons. The van der Waals surface area contributed by atoms with Gasteiger partial charge in [0.05, 0.1) is 27.8 Å². The van der Waals surface area contributed by atoms with Gasteiger partial charge in [0.15, 0.2) is 0 Å². The van der Waals surface area contributed by atoms with Gasteiger partial charge in [0.1, 0.15) is 6.33 Å². The molecule has 0 bridgehead atoms. The number of benzene rings is 3. The second-order valence-electron chi connectivity index (χ2n) is 6.82. The third-order valence-electron chi connectivity index (χ3n) is 5.36. The molecule has 0 aliphatic heterocycles. The molecule has 0 unspecified atom stereocenters. The van der Waals surface area contributed by atoms with Crippen LogP contribution in [0.15, 0.2) is 73.1 Å². The minimum atomic E-state index is 1.01. The predicted octanol–water partition coefficient (Wildman–Crippen LogP) is 5.65. The van der Waals surface area contributed by atoms with Gasteiger partial charge in [0.2, 0.25) is 0 Å². The van der Waals surface area contributed by atoms with E-state index in [4.69, 9.17) is 0 Å². The maximum Gasteiger partial charge on any atom is 0.116 e. The van der Waals surface area contributed by atoms with Crippen LogP contribution >= 0.6 is 0 Å². The molecule has 6 aromatic rings. The van der Waals surface area contributed by atoms with Gasteiger partial charge in [-0.3, -0.25) is 0 Å². The van der Waals surface area contributed by atoms with Crippen LogP contribution in [0.5, 0.6) is 0 Å². The first kappa shape index (κ1) is 13.8. The molecule has 0 N–H and O–H groups in total. The molecule has 0 fully saturated rings. The molecule has 3 aromatic carbocycles. The number of fused-ring (bicyclic) bond motifs is 9. The summed E-state index contributed by atoms with van der Waals surface area (Å²) in [5, 5.41) is 6.00. The number of rotatable bonds is 0. The van der Waals surface area contributed by atoms with Crippen LogP contribution in [0.25, 0.3) is 49.0 Å². The summed E-state index contributed by atoms with van der Waals surface area (Å²) in [5.74, 6) is 0. The van der Waals surface area contributed by atoms with Crippen molar-refractivity contribution in [1.82, 2.24) is 14.4 Å². The van der Waals surface area contributed by atoms with Gasteiger partial charge in [0, 0.05) is 16.2 Å². The molecule has 0 aliphatic rings. The first-order valence-corrected chi connectivity index (χ1v) is 8.77. The van der Waals surface area contributed by atoms with E-state index in [0.717, 1.165) is 22.0 Å². The number of aryl methyl sites for hydroxylation is 1. The number of hydrogen-bond acceptors (Lipinski definition) is 2. The zero-order chi connectivity index (χ0) is 17.3. The standard InChI is InChI=1S/C23H15N3/c1-14-22-21-12-17-8-4-5-9-19(17)26(21)20-11-16-7-3-2-6-15(16)10-18(20)23(22)25-13-24-14/h2-13H,1H3. The number of pyridine rings is 1. The Morgan fingerprint density at radius 2 is 1.38 bits per heavy atom. The van der Waals surface area contributed by atoms with Gasteiger partial charge in [-0.1, -0.05) is 42.5 Å². The second-order valence-corrected chi connectivity index (χ2v) is 6.82. The fourth-order valence-electron chi connectivity index (χ4n) is 4.19. The van der Waals surface area contributed by atoms with Crippen molar-refractivity contribution in [2.24, 2.45) is 0 Å². The third kappa shape index (κ3) is 1.67. The lowest BCUT2D eigenvalue weighted by Crippen LogP contribution is -1.96. The molecule has 26 heavy (non-hydrogen) atoms. The van der Waals surface area contributed by atoms with Crippen LogP contribution in [-0.2, 0) is 0 Å². The van der Waals surface area contributed by atoms with E-state index < -0.39 is 0 Å². The highest BCUT2D eigenvalue weighted by molar-refractivity contribution is 6.17. The Bertz CT molecular complexity index is 1490. The van der Waals surface area contributed by atoms with Crippen LogP contribution in [0.4, 0.5) is 0 Å². The fourth-order valence-corrected chi connectivity index (χ4v) is 4.19. The average Bonchev–Trinajstić information content (AvgIpc) is 3.06. The Morgan fingerprint density at radius 3 is 2.23 bits per heavy atom. The van der Waals surface area contributed by atoms with Crippen LogP contribution in [0.1, 0.15) is 5.69 Å². The average molecular weight is 333 g/mol. The Kier molecular flexibility index (Phi) is 2.54. The Morgan fingerprint density at radius 1 is 0.692 bits per heavy atom. The van der Waals surface area contributed by atoms with Crippen LogP contribution in [0, 0.1) is 6.92 Å². The molecule has 0 aliphatic carbocycles. The van der Waals surface area contributed by atoms with Crippen LogP contribution in [0.2, 0.25) is 0 Å². The van der Waals surface area contributed by atoms with E-state index >= 15 is 0 Å². The highest BCUT2D eigenvalue weighted by Crippen LogP contribution is 2.35. The van der Waals surface area contributed by atoms with Crippen molar-refractivity contribution in [3.63, 3.8) is 0 Å². The highest BCUT2D eigenvalue weighted by Gasteiger charge is 2.15. The normalized spacial score (nSPS) is 12.0. The lowest BCUT2D eigenvalue weighted by atomic mass is 10.0. The van der Waals surface area contributed by atoms with Crippen molar-refractivity contribution in [3.8, 4) is 0 Å². The lowest BCUT2D eigenvalue weighted by Gasteiger charge is -2.12. The van der Waals surface area contributed by atoms with E-state index in [-0.39, 0.29) is 0 Å². The molecule has 3 heterocycles. The van der Waals surface area contributed by atoms with Crippen molar-refractivity contribution in [2.45, 2.75) is 6.92 Å².